The van der Waals surface area contributed by atoms with Crippen LogP contribution in [0.1, 0.15) is 0 Å². The van der Waals surface area contributed by atoms with E-state index >= 15 is 0 Å². The smallest absolute Gasteiger partial charge is 0.235 e. The van der Waals surface area contributed by atoms with Crippen LogP contribution in [0, 0.1) is 0 Å². The van der Waals surface area contributed by atoms with Crippen LogP contribution in [-0.4, -0.2) is 9.97 Å². The van der Waals surface area contributed by atoms with Gasteiger partial charge in [-0.25, -0.2) is 9.97 Å². The number of aromatic nitrogens is 2. The molecule has 1 aliphatic heterocycles. The van der Waals surface area contributed by atoms with E-state index < -0.39 is 0 Å². The fourth-order valence-corrected chi connectivity index (χ4v) is 11.6. The van der Waals surface area contributed by atoms with E-state index in [0.717, 1.165) is 38.2 Å². The fraction of sp³-hybridized carbons (Fsp3) is 0. The van der Waals surface area contributed by atoms with E-state index in [9.17, 15) is 0 Å². The van der Waals surface area contributed by atoms with E-state index in [2.05, 4.69) is 144 Å². The standard InChI is InChI=1S/C44H23N3S3/c1-5-19-32-24(11-1)26-15-9-17-30-38(26)33(23-37-39(30)28-13-3-7-21-35(28)48-37)47(32)44-45-40-29-14-4-8-22-36(29)50-43(40)41(46-44)31-18-10-16-27-25-12-2-6-20-34(25)49-42(27)31/h1-23H. The van der Waals surface area contributed by atoms with Crippen molar-refractivity contribution in [2.24, 2.45) is 0 Å². The predicted molar refractivity (Wildman–Crippen MR) is 217 cm³/mol. The summed E-state index contributed by atoms with van der Waals surface area (Å²) in [4.78, 5) is 13.5. The Morgan fingerprint density at radius 1 is 0.400 bits per heavy atom. The third-order valence-corrected chi connectivity index (χ3v) is 13.7. The highest BCUT2D eigenvalue weighted by Crippen LogP contribution is 2.54. The minimum absolute atomic E-state index is 0.692. The number of hydrogen-bond acceptors (Lipinski definition) is 6. The van der Waals surface area contributed by atoms with E-state index in [1.807, 2.05) is 22.7 Å². The molecule has 0 atom stereocenters. The van der Waals surface area contributed by atoms with Crippen LogP contribution >= 0.6 is 34.0 Å². The van der Waals surface area contributed by atoms with Crippen molar-refractivity contribution in [2.45, 2.75) is 0 Å². The van der Waals surface area contributed by atoms with Crippen LogP contribution in [-0.2, 0) is 0 Å². The number of benzene rings is 7. The van der Waals surface area contributed by atoms with Crippen LogP contribution in [0.2, 0.25) is 0 Å². The Balaban J connectivity index is 1.23. The maximum Gasteiger partial charge on any atom is 0.235 e. The average Bonchev–Trinajstić information content (AvgIpc) is 3.86. The molecule has 0 fully saturated rings. The first kappa shape index (κ1) is 27.2. The topological polar surface area (TPSA) is 29.0 Å². The second-order valence-corrected chi connectivity index (χ2v) is 16.1. The lowest BCUT2D eigenvalue weighted by atomic mass is 9.89. The predicted octanol–water partition coefficient (Wildman–Crippen LogP) is 13.9. The second kappa shape index (κ2) is 9.96. The number of fused-ring (bicyclic) bond motifs is 12. The van der Waals surface area contributed by atoms with Crippen molar-refractivity contribution in [3.8, 4) is 22.4 Å². The number of anilines is 3. The molecule has 1 aliphatic rings. The van der Waals surface area contributed by atoms with Crippen molar-refractivity contribution in [1.29, 1.82) is 0 Å². The molecule has 50 heavy (non-hydrogen) atoms. The highest BCUT2D eigenvalue weighted by atomic mass is 32.1. The first-order valence-corrected chi connectivity index (χ1v) is 19.1. The molecule has 4 aromatic heterocycles. The van der Waals surface area contributed by atoms with E-state index in [1.54, 1.807) is 11.3 Å². The van der Waals surface area contributed by atoms with Crippen LogP contribution < -0.4 is 4.90 Å². The maximum atomic E-state index is 5.63. The summed E-state index contributed by atoms with van der Waals surface area (Å²) in [5, 5.41) is 8.87. The molecule has 0 spiro atoms. The largest absolute Gasteiger partial charge is 0.278 e. The molecule has 0 N–H and O–H groups in total. The maximum absolute atomic E-state index is 5.63. The summed E-state index contributed by atoms with van der Waals surface area (Å²) < 4.78 is 7.46. The van der Waals surface area contributed by atoms with Gasteiger partial charge in [0.05, 0.1) is 27.3 Å². The van der Waals surface area contributed by atoms with E-state index in [0.29, 0.717) is 5.95 Å². The third kappa shape index (κ3) is 3.57. The summed E-state index contributed by atoms with van der Waals surface area (Å²) in [7, 11) is 0. The zero-order valence-corrected chi connectivity index (χ0v) is 28.8. The summed E-state index contributed by atoms with van der Waals surface area (Å²) in [6.45, 7) is 0. The van der Waals surface area contributed by atoms with Crippen molar-refractivity contribution in [3.05, 3.63) is 140 Å². The summed E-state index contributed by atoms with van der Waals surface area (Å²) >= 11 is 5.50. The molecule has 0 radical (unpaired) electrons. The number of nitrogens with zero attached hydrogens (tertiary/aromatic N) is 3. The molecule has 7 aromatic carbocycles. The fourth-order valence-electron chi connectivity index (χ4n) is 8.11. The monoisotopic (exact) mass is 689 g/mol. The Bertz CT molecular complexity index is 3240. The first-order valence-electron chi connectivity index (χ1n) is 16.7. The van der Waals surface area contributed by atoms with Gasteiger partial charge in [-0.15, -0.1) is 34.0 Å². The lowest BCUT2D eigenvalue weighted by Gasteiger charge is -2.32. The molecular formula is C44H23N3S3. The van der Waals surface area contributed by atoms with Gasteiger partial charge in [0.25, 0.3) is 0 Å². The third-order valence-electron chi connectivity index (χ3n) is 10.2. The molecule has 0 bridgehead atoms. The zero-order valence-electron chi connectivity index (χ0n) is 26.3. The minimum atomic E-state index is 0.692. The lowest BCUT2D eigenvalue weighted by molar-refractivity contribution is 1.12. The molecule has 12 rings (SSSR count). The molecule has 6 heteroatoms. The quantitative estimate of drug-likeness (QED) is 0.181. The average molecular weight is 690 g/mol. The van der Waals surface area contributed by atoms with E-state index in [1.165, 1.54) is 66.9 Å². The van der Waals surface area contributed by atoms with Gasteiger partial charge in [0.2, 0.25) is 5.95 Å². The molecule has 0 aliphatic carbocycles. The molecule has 5 heterocycles. The highest BCUT2D eigenvalue weighted by Gasteiger charge is 2.31. The van der Waals surface area contributed by atoms with Crippen molar-refractivity contribution >= 4 is 123 Å². The van der Waals surface area contributed by atoms with E-state index in [-0.39, 0.29) is 0 Å². The molecule has 0 saturated carbocycles. The Morgan fingerprint density at radius 2 is 1.02 bits per heavy atom. The van der Waals surface area contributed by atoms with Gasteiger partial charge in [0, 0.05) is 66.9 Å². The lowest BCUT2D eigenvalue weighted by Crippen LogP contribution is -2.18. The van der Waals surface area contributed by atoms with Gasteiger partial charge < -0.3 is 0 Å². The molecule has 11 aromatic rings. The minimum Gasteiger partial charge on any atom is -0.278 e. The Kier molecular flexibility index (Phi) is 5.42. The number of rotatable bonds is 2. The normalized spacial score (nSPS) is 12.8. The molecule has 3 nitrogen and oxygen atoms in total. The number of para-hydroxylation sites is 1. The van der Waals surface area contributed by atoms with Gasteiger partial charge >= 0.3 is 0 Å². The second-order valence-electron chi connectivity index (χ2n) is 12.9. The molecule has 232 valence electrons. The van der Waals surface area contributed by atoms with Crippen molar-refractivity contribution < 1.29 is 0 Å². The Morgan fingerprint density at radius 3 is 1.88 bits per heavy atom. The van der Waals surface area contributed by atoms with Crippen LogP contribution in [0.25, 0.3) is 93.8 Å². The number of thiophene rings is 3. The summed E-state index contributed by atoms with van der Waals surface area (Å²) in [6.07, 6.45) is 0. The summed E-state index contributed by atoms with van der Waals surface area (Å²) in [5.74, 6) is 0.692. The Hall–Kier alpha value is -5.66. The first-order chi connectivity index (χ1) is 24.8. The summed E-state index contributed by atoms with van der Waals surface area (Å²) in [5.41, 5.74) is 7.80. The molecule has 0 amide bonds. The van der Waals surface area contributed by atoms with Crippen LogP contribution in [0.3, 0.4) is 0 Å². The van der Waals surface area contributed by atoms with Gasteiger partial charge in [0.1, 0.15) is 0 Å². The number of hydrogen-bond donors (Lipinski definition) is 0. The highest BCUT2D eigenvalue weighted by molar-refractivity contribution is 7.27. The van der Waals surface area contributed by atoms with Crippen molar-refractivity contribution in [2.75, 3.05) is 4.90 Å². The van der Waals surface area contributed by atoms with Gasteiger partial charge in [-0.1, -0.05) is 109 Å². The van der Waals surface area contributed by atoms with Gasteiger partial charge in [-0.2, -0.15) is 0 Å². The molecule has 0 saturated heterocycles. The van der Waals surface area contributed by atoms with Crippen LogP contribution in [0.5, 0.6) is 0 Å². The molecular weight excluding hydrogens is 667 g/mol. The zero-order chi connectivity index (χ0) is 32.5. The van der Waals surface area contributed by atoms with Crippen LogP contribution in [0.4, 0.5) is 17.3 Å². The summed E-state index contributed by atoms with van der Waals surface area (Å²) in [6, 6.07) is 50.7. The Labute approximate surface area is 297 Å². The SMILES string of the molecule is c1ccc2c(c1)-c1cccc3c1c(cc1sc4ccccc4c13)N2c1nc(-c2cccc3c2sc2ccccc23)c2sc3ccccc3c2n1. The van der Waals surface area contributed by atoms with Gasteiger partial charge in [-0.3, -0.25) is 4.90 Å². The van der Waals surface area contributed by atoms with Crippen molar-refractivity contribution in [1.82, 2.24) is 9.97 Å². The van der Waals surface area contributed by atoms with E-state index in [4.69, 9.17) is 9.97 Å². The van der Waals surface area contributed by atoms with Crippen molar-refractivity contribution in [3.63, 3.8) is 0 Å². The van der Waals surface area contributed by atoms with Gasteiger partial charge in [0.15, 0.2) is 0 Å². The molecule has 0 unspecified atom stereocenters. The van der Waals surface area contributed by atoms with Crippen LogP contribution in [0.15, 0.2) is 140 Å². The van der Waals surface area contributed by atoms with Gasteiger partial charge in [-0.05, 0) is 41.3 Å².